The largest absolute Gasteiger partial charge is 0.462 e. The molecule has 1 aliphatic heterocycles. The summed E-state index contributed by atoms with van der Waals surface area (Å²) in [6.45, 7) is 6.25. The lowest BCUT2D eigenvalue weighted by molar-refractivity contribution is -0.136. The van der Waals surface area contributed by atoms with Gasteiger partial charge in [0.05, 0.1) is 17.7 Å². The van der Waals surface area contributed by atoms with Crippen LogP contribution >= 0.6 is 0 Å². The van der Waals surface area contributed by atoms with Crippen LogP contribution in [0.25, 0.3) is 5.57 Å². The number of fused-ring (bicyclic) bond motifs is 1. The first-order valence-electron chi connectivity index (χ1n) is 8.13. The minimum absolute atomic E-state index is 0.287. The minimum atomic E-state index is -0.302. The van der Waals surface area contributed by atoms with Crippen molar-refractivity contribution < 1.29 is 9.53 Å². The Bertz CT molecular complexity index is 779. The van der Waals surface area contributed by atoms with Gasteiger partial charge in [0.25, 0.3) is 0 Å². The molecular weight excluding hydrogens is 300 g/mol. The molecule has 1 heterocycles. The monoisotopic (exact) mass is 322 g/mol. The number of anilines is 3. The molecule has 124 valence electrons. The zero-order valence-corrected chi connectivity index (χ0v) is 14.2. The highest BCUT2D eigenvalue weighted by Gasteiger charge is 2.28. The fourth-order valence-electron chi connectivity index (χ4n) is 2.84. The van der Waals surface area contributed by atoms with E-state index in [1.54, 1.807) is 0 Å². The molecule has 0 unspecified atom stereocenters. The molecule has 1 aliphatic rings. The molecule has 0 fully saturated rings. The van der Waals surface area contributed by atoms with Crippen molar-refractivity contribution in [2.45, 2.75) is 26.3 Å². The second-order valence-corrected chi connectivity index (χ2v) is 6.38. The lowest BCUT2D eigenvalue weighted by atomic mass is 9.90. The Kier molecular flexibility index (Phi) is 4.30. The van der Waals surface area contributed by atoms with E-state index in [0.717, 1.165) is 22.6 Å². The number of benzene rings is 2. The number of nitrogens with one attached hydrogen (secondary N) is 2. The lowest BCUT2D eigenvalue weighted by Gasteiger charge is -2.31. The maximum atomic E-state index is 12.4. The van der Waals surface area contributed by atoms with Gasteiger partial charge in [-0.1, -0.05) is 18.2 Å². The molecule has 0 atom stereocenters. The standard InChI is InChI=1S/C20H22N2O2/c1-4-24-19(23)17-13-20(2,3)22-18-11-10-15(12-16(17)18)21-14-8-6-5-7-9-14/h5-13,21-22H,4H2,1-3H3. The Morgan fingerprint density at radius 1 is 1.12 bits per heavy atom. The van der Waals surface area contributed by atoms with Crippen LogP contribution in [0.4, 0.5) is 17.1 Å². The first kappa shape index (κ1) is 16.1. The molecule has 0 saturated carbocycles. The second-order valence-electron chi connectivity index (χ2n) is 6.38. The van der Waals surface area contributed by atoms with Gasteiger partial charge < -0.3 is 15.4 Å². The Balaban J connectivity index is 1.97. The van der Waals surface area contributed by atoms with E-state index in [9.17, 15) is 4.79 Å². The molecule has 24 heavy (non-hydrogen) atoms. The van der Waals surface area contributed by atoms with Crippen molar-refractivity contribution in [3.8, 4) is 0 Å². The van der Waals surface area contributed by atoms with Gasteiger partial charge >= 0.3 is 5.97 Å². The highest BCUT2D eigenvalue weighted by atomic mass is 16.5. The fraction of sp³-hybridized carbons (Fsp3) is 0.250. The molecule has 0 bridgehead atoms. The van der Waals surface area contributed by atoms with E-state index in [-0.39, 0.29) is 11.5 Å². The van der Waals surface area contributed by atoms with Gasteiger partial charge in [0.2, 0.25) is 0 Å². The summed E-state index contributed by atoms with van der Waals surface area (Å²) in [5, 5.41) is 6.80. The summed E-state index contributed by atoms with van der Waals surface area (Å²) >= 11 is 0. The average Bonchev–Trinajstić information content (AvgIpc) is 2.55. The molecule has 2 aromatic carbocycles. The van der Waals surface area contributed by atoms with Crippen molar-refractivity contribution in [2.75, 3.05) is 17.2 Å². The van der Waals surface area contributed by atoms with Crippen LogP contribution in [-0.2, 0) is 9.53 Å². The van der Waals surface area contributed by atoms with Crippen molar-refractivity contribution >= 4 is 28.6 Å². The van der Waals surface area contributed by atoms with Gasteiger partial charge in [-0.05, 0) is 57.2 Å². The highest BCUT2D eigenvalue weighted by molar-refractivity contribution is 6.19. The zero-order valence-electron chi connectivity index (χ0n) is 14.2. The maximum absolute atomic E-state index is 12.4. The lowest BCUT2D eigenvalue weighted by Crippen LogP contribution is -2.33. The molecule has 4 nitrogen and oxygen atoms in total. The molecular formula is C20H22N2O2. The number of ether oxygens (including phenoxy) is 1. The zero-order chi connectivity index (χ0) is 17.2. The fourth-order valence-corrected chi connectivity index (χ4v) is 2.84. The summed E-state index contributed by atoms with van der Waals surface area (Å²) in [6, 6.07) is 15.9. The molecule has 2 aromatic rings. The Labute approximate surface area is 142 Å². The molecule has 0 radical (unpaired) electrons. The first-order valence-corrected chi connectivity index (χ1v) is 8.13. The predicted octanol–water partition coefficient (Wildman–Crippen LogP) is 4.58. The second kappa shape index (κ2) is 6.40. The summed E-state index contributed by atoms with van der Waals surface area (Å²) in [4.78, 5) is 12.4. The molecule has 0 aromatic heterocycles. The van der Waals surface area contributed by atoms with Crippen LogP contribution in [-0.4, -0.2) is 18.1 Å². The number of hydrogen-bond acceptors (Lipinski definition) is 4. The molecule has 2 N–H and O–H groups in total. The Hall–Kier alpha value is -2.75. The minimum Gasteiger partial charge on any atom is -0.462 e. The summed E-state index contributed by atoms with van der Waals surface area (Å²) < 4.78 is 5.23. The number of para-hydroxylation sites is 1. The number of carbonyl (C=O) groups is 1. The summed E-state index contributed by atoms with van der Waals surface area (Å²) in [6.07, 6.45) is 1.93. The van der Waals surface area contributed by atoms with E-state index in [0.29, 0.717) is 12.2 Å². The van der Waals surface area contributed by atoms with E-state index < -0.39 is 0 Å². The van der Waals surface area contributed by atoms with Gasteiger partial charge in [-0.3, -0.25) is 0 Å². The Morgan fingerprint density at radius 3 is 2.58 bits per heavy atom. The van der Waals surface area contributed by atoms with E-state index >= 15 is 0 Å². The number of carbonyl (C=O) groups excluding carboxylic acids is 1. The molecule has 0 spiro atoms. The first-order chi connectivity index (χ1) is 11.5. The van der Waals surface area contributed by atoms with Gasteiger partial charge in [-0.2, -0.15) is 0 Å². The van der Waals surface area contributed by atoms with Gasteiger partial charge in [0, 0.05) is 22.6 Å². The van der Waals surface area contributed by atoms with Crippen LogP contribution < -0.4 is 10.6 Å². The summed E-state index contributed by atoms with van der Waals surface area (Å²) in [5.74, 6) is -0.287. The van der Waals surface area contributed by atoms with Gasteiger partial charge in [-0.15, -0.1) is 0 Å². The number of hydrogen-bond donors (Lipinski definition) is 2. The van der Waals surface area contributed by atoms with E-state index in [1.165, 1.54) is 0 Å². The van der Waals surface area contributed by atoms with Gasteiger partial charge in [0.15, 0.2) is 0 Å². The van der Waals surface area contributed by atoms with Crippen LogP contribution in [0.3, 0.4) is 0 Å². The number of rotatable bonds is 4. The predicted molar refractivity (Wildman–Crippen MR) is 98.5 cm³/mol. The van der Waals surface area contributed by atoms with Crippen molar-refractivity contribution in [3.05, 3.63) is 60.2 Å². The van der Waals surface area contributed by atoms with Crippen molar-refractivity contribution in [2.24, 2.45) is 0 Å². The number of esters is 1. The average molecular weight is 322 g/mol. The van der Waals surface area contributed by atoms with Crippen LogP contribution in [0, 0.1) is 0 Å². The normalized spacial score (nSPS) is 14.9. The van der Waals surface area contributed by atoms with E-state index in [2.05, 4.69) is 10.6 Å². The van der Waals surface area contributed by atoms with E-state index in [4.69, 9.17) is 4.74 Å². The smallest absolute Gasteiger partial charge is 0.338 e. The third kappa shape index (κ3) is 3.43. The topological polar surface area (TPSA) is 50.4 Å². The van der Waals surface area contributed by atoms with Crippen molar-refractivity contribution in [1.82, 2.24) is 0 Å². The van der Waals surface area contributed by atoms with Gasteiger partial charge in [-0.25, -0.2) is 4.79 Å². The molecule has 0 saturated heterocycles. The molecule has 0 amide bonds. The molecule has 0 aliphatic carbocycles. The SMILES string of the molecule is CCOC(=O)C1=CC(C)(C)Nc2ccc(Nc3ccccc3)cc21. The van der Waals surface area contributed by atoms with Crippen LogP contribution in [0.5, 0.6) is 0 Å². The van der Waals surface area contributed by atoms with Gasteiger partial charge in [0.1, 0.15) is 0 Å². The molecule has 4 heteroatoms. The van der Waals surface area contributed by atoms with Crippen LogP contribution in [0.1, 0.15) is 26.3 Å². The Morgan fingerprint density at radius 2 is 1.88 bits per heavy atom. The van der Waals surface area contributed by atoms with Crippen molar-refractivity contribution in [3.63, 3.8) is 0 Å². The summed E-state index contributed by atoms with van der Waals surface area (Å²) in [7, 11) is 0. The highest BCUT2D eigenvalue weighted by Crippen LogP contribution is 2.36. The third-order valence-electron chi connectivity index (χ3n) is 3.83. The maximum Gasteiger partial charge on any atom is 0.338 e. The van der Waals surface area contributed by atoms with Crippen LogP contribution in [0.2, 0.25) is 0 Å². The van der Waals surface area contributed by atoms with E-state index in [1.807, 2.05) is 75.4 Å². The third-order valence-corrected chi connectivity index (χ3v) is 3.83. The quantitative estimate of drug-likeness (QED) is 0.809. The summed E-state index contributed by atoms with van der Waals surface area (Å²) in [5.41, 5.74) is 4.02. The molecule has 3 rings (SSSR count). The van der Waals surface area contributed by atoms with Crippen LogP contribution in [0.15, 0.2) is 54.6 Å². The van der Waals surface area contributed by atoms with Crippen molar-refractivity contribution in [1.29, 1.82) is 0 Å².